The molecule has 4 heteroatoms. The van der Waals surface area contributed by atoms with Gasteiger partial charge in [0.1, 0.15) is 0 Å². The highest BCUT2D eigenvalue weighted by Crippen LogP contribution is 2.40. The van der Waals surface area contributed by atoms with Crippen LogP contribution in [0.25, 0.3) is 22.3 Å². The van der Waals surface area contributed by atoms with Crippen LogP contribution in [0.4, 0.5) is 8.78 Å². The highest BCUT2D eigenvalue weighted by atomic mass is 35.5. The third-order valence-corrected chi connectivity index (χ3v) is 5.01. The molecule has 0 fully saturated rings. The van der Waals surface area contributed by atoms with Crippen LogP contribution in [0.5, 0.6) is 0 Å². The first kappa shape index (κ1) is 16.9. The van der Waals surface area contributed by atoms with Gasteiger partial charge in [0.15, 0.2) is 11.6 Å². The highest BCUT2D eigenvalue weighted by molar-refractivity contribution is 6.45. The molecule has 3 aromatic carbocycles. The minimum absolute atomic E-state index is 0.318. The first-order chi connectivity index (χ1) is 11.4. The molecule has 0 aliphatic heterocycles. The molecule has 0 atom stereocenters. The van der Waals surface area contributed by atoms with Crippen molar-refractivity contribution in [3.8, 4) is 22.3 Å². The number of hydrogen-bond acceptors (Lipinski definition) is 0. The quantitative estimate of drug-likeness (QED) is 0.451. The van der Waals surface area contributed by atoms with E-state index in [4.69, 9.17) is 23.2 Å². The van der Waals surface area contributed by atoms with Crippen molar-refractivity contribution >= 4 is 23.2 Å². The Morgan fingerprint density at radius 2 is 1.17 bits per heavy atom. The molecular weight excluding hydrogens is 349 g/mol. The van der Waals surface area contributed by atoms with Gasteiger partial charge in [0, 0.05) is 11.1 Å². The number of aryl methyl sites for hydroxylation is 2. The van der Waals surface area contributed by atoms with Gasteiger partial charge in [0.05, 0.1) is 10.0 Å². The molecule has 0 heterocycles. The maximum absolute atomic E-state index is 13.5. The predicted octanol–water partition coefficient (Wildman–Crippen LogP) is 7.22. The molecule has 122 valence electrons. The van der Waals surface area contributed by atoms with Crippen molar-refractivity contribution in [3.63, 3.8) is 0 Å². The monoisotopic (exact) mass is 362 g/mol. The van der Waals surface area contributed by atoms with Crippen LogP contribution < -0.4 is 0 Å². The fraction of sp³-hybridized carbons (Fsp3) is 0.100. The molecule has 0 aliphatic carbocycles. The molecule has 0 bridgehead atoms. The van der Waals surface area contributed by atoms with Gasteiger partial charge in [-0.05, 0) is 48.2 Å². The fourth-order valence-electron chi connectivity index (χ4n) is 2.57. The zero-order valence-corrected chi connectivity index (χ0v) is 14.6. The van der Waals surface area contributed by atoms with Crippen LogP contribution in [0.3, 0.4) is 0 Å². The van der Waals surface area contributed by atoms with Crippen LogP contribution in [0, 0.1) is 25.5 Å². The maximum atomic E-state index is 13.5. The van der Waals surface area contributed by atoms with Gasteiger partial charge >= 0.3 is 0 Å². The molecule has 0 saturated heterocycles. The Hall–Kier alpha value is -1.90. The molecule has 24 heavy (non-hydrogen) atoms. The van der Waals surface area contributed by atoms with E-state index in [2.05, 4.69) is 0 Å². The third-order valence-electron chi connectivity index (χ3n) is 4.13. The lowest BCUT2D eigenvalue weighted by Crippen LogP contribution is -1.89. The number of rotatable bonds is 2. The zero-order chi connectivity index (χ0) is 17.4. The second kappa shape index (κ2) is 6.54. The van der Waals surface area contributed by atoms with E-state index in [1.807, 2.05) is 38.1 Å². The Labute approximate surface area is 149 Å². The predicted molar refractivity (Wildman–Crippen MR) is 96.7 cm³/mol. The standard InChI is InChI=1S/C20H14Cl2F2/c1-11-3-4-13(9-12(11)2)15-6-7-16(20(22)19(15)21)14-5-8-17(23)18(24)10-14/h3-10H,1-2H3. The van der Waals surface area contributed by atoms with Crippen molar-refractivity contribution in [2.45, 2.75) is 13.8 Å². The lowest BCUT2D eigenvalue weighted by atomic mass is 9.97. The third kappa shape index (κ3) is 3.04. The van der Waals surface area contributed by atoms with E-state index >= 15 is 0 Å². The van der Waals surface area contributed by atoms with Crippen LogP contribution in [-0.4, -0.2) is 0 Å². The smallest absolute Gasteiger partial charge is 0.159 e. The molecular formula is C20H14Cl2F2. The van der Waals surface area contributed by atoms with Crippen molar-refractivity contribution in [2.75, 3.05) is 0 Å². The molecule has 0 radical (unpaired) electrons. The van der Waals surface area contributed by atoms with Gasteiger partial charge in [-0.2, -0.15) is 0 Å². The van der Waals surface area contributed by atoms with Crippen LogP contribution in [-0.2, 0) is 0 Å². The number of hydrogen-bond donors (Lipinski definition) is 0. The van der Waals surface area contributed by atoms with E-state index in [-0.39, 0.29) is 0 Å². The van der Waals surface area contributed by atoms with E-state index in [0.717, 1.165) is 28.8 Å². The molecule has 3 rings (SSSR count). The summed E-state index contributed by atoms with van der Waals surface area (Å²) >= 11 is 12.8. The lowest BCUT2D eigenvalue weighted by molar-refractivity contribution is 0.509. The van der Waals surface area contributed by atoms with Crippen molar-refractivity contribution < 1.29 is 8.78 Å². The van der Waals surface area contributed by atoms with E-state index in [1.165, 1.54) is 11.6 Å². The maximum Gasteiger partial charge on any atom is 0.159 e. The summed E-state index contributed by atoms with van der Waals surface area (Å²) in [5.74, 6) is -1.81. The van der Waals surface area contributed by atoms with Gasteiger partial charge in [-0.25, -0.2) is 8.78 Å². The van der Waals surface area contributed by atoms with Gasteiger partial charge in [-0.1, -0.05) is 59.6 Å². The van der Waals surface area contributed by atoms with Crippen LogP contribution in [0.15, 0.2) is 48.5 Å². The van der Waals surface area contributed by atoms with Crippen molar-refractivity contribution in [1.82, 2.24) is 0 Å². The van der Waals surface area contributed by atoms with Gasteiger partial charge in [-0.3, -0.25) is 0 Å². The average molecular weight is 363 g/mol. The number of halogens is 4. The van der Waals surface area contributed by atoms with Gasteiger partial charge in [0.2, 0.25) is 0 Å². The Morgan fingerprint density at radius 3 is 1.71 bits per heavy atom. The Bertz CT molecular complexity index is 857. The molecule has 0 saturated carbocycles. The summed E-state index contributed by atoms with van der Waals surface area (Å²) in [5.41, 5.74) is 5.15. The van der Waals surface area contributed by atoms with Crippen LogP contribution in [0.1, 0.15) is 11.1 Å². The lowest BCUT2D eigenvalue weighted by Gasteiger charge is -2.12. The molecule has 0 nitrogen and oxygen atoms in total. The fourth-order valence-corrected chi connectivity index (χ4v) is 3.12. The molecule has 0 aliphatic rings. The van der Waals surface area contributed by atoms with Crippen molar-refractivity contribution in [2.24, 2.45) is 0 Å². The molecule has 0 unspecified atom stereocenters. The average Bonchev–Trinajstić information content (AvgIpc) is 2.55. The van der Waals surface area contributed by atoms with Crippen molar-refractivity contribution in [3.05, 3.63) is 81.3 Å². The van der Waals surface area contributed by atoms with Gasteiger partial charge < -0.3 is 0 Å². The molecule has 0 N–H and O–H groups in total. The first-order valence-corrected chi connectivity index (χ1v) is 8.15. The summed E-state index contributed by atoms with van der Waals surface area (Å²) in [4.78, 5) is 0. The summed E-state index contributed by atoms with van der Waals surface area (Å²) in [6, 6.07) is 13.3. The van der Waals surface area contributed by atoms with E-state index < -0.39 is 11.6 Å². The molecule has 0 amide bonds. The minimum Gasteiger partial charge on any atom is -0.204 e. The largest absolute Gasteiger partial charge is 0.204 e. The second-order valence-corrected chi connectivity index (χ2v) is 6.47. The van der Waals surface area contributed by atoms with Gasteiger partial charge in [-0.15, -0.1) is 0 Å². The Kier molecular flexibility index (Phi) is 4.62. The highest BCUT2D eigenvalue weighted by Gasteiger charge is 2.14. The summed E-state index contributed by atoms with van der Waals surface area (Å²) in [7, 11) is 0. The summed E-state index contributed by atoms with van der Waals surface area (Å²) < 4.78 is 26.6. The van der Waals surface area contributed by atoms with Crippen LogP contribution >= 0.6 is 23.2 Å². The minimum atomic E-state index is -0.919. The normalized spacial score (nSPS) is 10.9. The first-order valence-electron chi connectivity index (χ1n) is 7.39. The summed E-state index contributed by atoms with van der Waals surface area (Å²) in [6.07, 6.45) is 0. The SMILES string of the molecule is Cc1ccc(-c2ccc(-c3ccc(F)c(F)c3)c(Cl)c2Cl)cc1C. The van der Waals surface area contributed by atoms with E-state index in [1.54, 1.807) is 6.07 Å². The zero-order valence-electron chi connectivity index (χ0n) is 13.1. The molecule has 0 spiro atoms. The topological polar surface area (TPSA) is 0 Å². The van der Waals surface area contributed by atoms with Crippen molar-refractivity contribution in [1.29, 1.82) is 0 Å². The molecule has 0 aromatic heterocycles. The van der Waals surface area contributed by atoms with Crippen LogP contribution in [0.2, 0.25) is 10.0 Å². The molecule has 3 aromatic rings. The summed E-state index contributed by atoms with van der Waals surface area (Å²) in [5, 5.41) is 0.709. The Balaban J connectivity index is 2.12. The second-order valence-electron chi connectivity index (χ2n) is 5.72. The van der Waals surface area contributed by atoms with Gasteiger partial charge in [0.25, 0.3) is 0 Å². The number of benzene rings is 3. The Morgan fingerprint density at radius 1 is 0.625 bits per heavy atom. The summed E-state index contributed by atoms with van der Waals surface area (Å²) in [6.45, 7) is 4.07. The van der Waals surface area contributed by atoms with E-state index in [9.17, 15) is 8.78 Å². The van der Waals surface area contributed by atoms with E-state index in [0.29, 0.717) is 21.2 Å².